The lowest BCUT2D eigenvalue weighted by molar-refractivity contribution is -0.119. The fourth-order valence-corrected chi connectivity index (χ4v) is 4.82. The van der Waals surface area contributed by atoms with Gasteiger partial charge in [-0.15, -0.1) is 0 Å². The van der Waals surface area contributed by atoms with Crippen molar-refractivity contribution in [3.63, 3.8) is 0 Å². The number of piperidine rings is 1. The number of aryl methyl sites for hydroxylation is 1. The maximum Gasteiger partial charge on any atom is 0.253 e. The lowest BCUT2D eigenvalue weighted by Crippen LogP contribution is -2.43. The zero-order chi connectivity index (χ0) is 29.9. The van der Waals surface area contributed by atoms with Gasteiger partial charge < -0.3 is 15.7 Å². The molecule has 0 saturated carbocycles. The highest BCUT2D eigenvalue weighted by Crippen LogP contribution is 2.27. The number of imidazole rings is 1. The Balaban J connectivity index is 1.21. The Labute approximate surface area is 245 Å². The molecule has 1 aromatic carbocycles. The van der Waals surface area contributed by atoms with Gasteiger partial charge in [0.15, 0.2) is 11.5 Å². The highest BCUT2D eigenvalue weighted by atomic mass is 35.5. The zero-order valence-electron chi connectivity index (χ0n) is 22.9. The molecular formula is C29H30ClF2N7O3. The first-order chi connectivity index (χ1) is 20.1. The molecule has 1 aliphatic heterocycles. The number of benzene rings is 1. The van der Waals surface area contributed by atoms with Crippen LogP contribution < -0.4 is 10.6 Å². The molecule has 0 spiro atoms. The van der Waals surface area contributed by atoms with E-state index in [-0.39, 0.29) is 56.7 Å². The Morgan fingerprint density at radius 1 is 1.14 bits per heavy atom. The van der Waals surface area contributed by atoms with Crippen molar-refractivity contribution in [2.45, 2.75) is 38.2 Å². The molecule has 3 N–H and O–H groups in total. The number of carbonyl (C=O) groups excluding carboxylic acids is 2. The number of halogens is 3. The molecule has 220 valence electrons. The van der Waals surface area contributed by atoms with E-state index >= 15 is 0 Å². The first-order valence-electron chi connectivity index (χ1n) is 13.5. The monoisotopic (exact) mass is 597 g/mol. The van der Waals surface area contributed by atoms with Gasteiger partial charge >= 0.3 is 0 Å². The summed E-state index contributed by atoms with van der Waals surface area (Å²) in [6.07, 6.45) is 2.24. The van der Waals surface area contributed by atoms with Crippen LogP contribution in [-0.4, -0.2) is 73.5 Å². The molecule has 0 bridgehead atoms. The van der Waals surface area contributed by atoms with Crippen LogP contribution in [0.4, 0.5) is 14.6 Å². The number of aliphatic hydroxyl groups excluding tert-OH is 1. The minimum atomic E-state index is -2.67. The fourth-order valence-electron chi connectivity index (χ4n) is 4.69. The number of hydrogen-bond donors (Lipinski definition) is 3. The molecule has 13 heteroatoms. The smallest absolute Gasteiger partial charge is 0.253 e. The molecule has 1 unspecified atom stereocenters. The number of carbonyl (C=O) groups is 2. The van der Waals surface area contributed by atoms with Crippen molar-refractivity contribution in [1.82, 2.24) is 29.8 Å². The first-order valence-corrected chi connectivity index (χ1v) is 13.9. The maximum atomic E-state index is 13.4. The number of nitrogens with one attached hydrogen (secondary N) is 2. The number of aromatic nitrogens is 4. The zero-order valence-corrected chi connectivity index (χ0v) is 23.6. The van der Waals surface area contributed by atoms with E-state index < -0.39 is 12.0 Å². The van der Waals surface area contributed by atoms with Gasteiger partial charge in [-0.3, -0.25) is 19.5 Å². The lowest BCUT2D eigenvalue weighted by Gasteiger charge is -2.30. The number of hydrogen-bond acceptors (Lipinski definition) is 7. The van der Waals surface area contributed by atoms with Gasteiger partial charge in [0, 0.05) is 49.3 Å². The van der Waals surface area contributed by atoms with E-state index in [0.717, 1.165) is 0 Å². The summed E-state index contributed by atoms with van der Waals surface area (Å²) in [6.45, 7) is 2.31. The van der Waals surface area contributed by atoms with Crippen molar-refractivity contribution in [3.8, 4) is 11.3 Å². The van der Waals surface area contributed by atoms with Gasteiger partial charge in [0.2, 0.25) is 5.91 Å². The van der Waals surface area contributed by atoms with Crippen LogP contribution in [0.5, 0.6) is 0 Å². The van der Waals surface area contributed by atoms with E-state index in [1.165, 1.54) is 4.52 Å². The quantitative estimate of drug-likeness (QED) is 0.263. The second-order valence-electron chi connectivity index (χ2n) is 10.3. The largest absolute Gasteiger partial charge is 0.388 e. The maximum absolute atomic E-state index is 13.4. The molecular weight excluding hydrogens is 568 g/mol. The third-order valence-corrected chi connectivity index (χ3v) is 7.38. The minimum Gasteiger partial charge on any atom is -0.388 e. The molecule has 3 aromatic heterocycles. The van der Waals surface area contributed by atoms with Crippen LogP contribution in [0.2, 0.25) is 5.02 Å². The lowest BCUT2D eigenvalue weighted by atomic mass is 10.1. The van der Waals surface area contributed by atoms with Crippen LogP contribution in [-0.2, 0) is 4.79 Å². The van der Waals surface area contributed by atoms with Crippen LogP contribution >= 0.6 is 11.6 Å². The summed E-state index contributed by atoms with van der Waals surface area (Å²) in [5.41, 5.74) is 3.27. The van der Waals surface area contributed by atoms with Crippen LogP contribution in [0.3, 0.4) is 0 Å². The number of rotatable bonds is 9. The third-order valence-electron chi connectivity index (χ3n) is 7.13. The van der Waals surface area contributed by atoms with Crippen LogP contribution in [0, 0.1) is 6.92 Å². The first kappa shape index (κ1) is 29.5. The summed E-state index contributed by atoms with van der Waals surface area (Å²) in [6, 6.07) is 12.1. The molecule has 0 radical (unpaired) electrons. The predicted octanol–water partition coefficient (Wildman–Crippen LogP) is 4.28. The Morgan fingerprint density at radius 3 is 2.62 bits per heavy atom. The number of amides is 2. The van der Waals surface area contributed by atoms with E-state index in [2.05, 4.69) is 25.7 Å². The molecule has 0 aliphatic carbocycles. The van der Waals surface area contributed by atoms with E-state index in [0.29, 0.717) is 45.2 Å². The Hall–Kier alpha value is -4.00. The third kappa shape index (κ3) is 7.25. The summed E-state index contributed by atoms with van der Waals surface area (Å²) >= 11 is 5.90. The van der Waals surface area contributed by atoms with E-state index in [9.17, 15) is 23.5 Å². The van der Waals surface area contributed by atoms with Crippen molar-refractivity contribution < 1.29 is 23.5 Å². The predicted molar refractivity (Wildman–Crippen MR) is 154 cm³/mol. The van der Waals surface area contributed by atoms with E-state index in [1.807, 2.05) is 0 Å². The number of likely N-dealkylation sites (tertiary alicyclic amines) is 1. The molecule has 1 fully saturated rings. The van der Waals surface area contributed by atoms with Crippen molar-refractivity contribution in [2.24, 2.45) is 0 Å². The molecule has 1 saturated heterocycles. The summed E-state index contributed by atoms with van der Waals surface area (Å²) in [4.78, 5) is 35.8. The highest BCUT2D eigenvalue weighted by Gasteiger charge is 2.34. The van der Waals surface area contributed by atoms with E-state index in [1.54, 1.807) is 66.7 Å². The highest BCUT2D eigenvalue weighted by molar-refractivity contribution is 6.30. The number of anilines is 1. The summed E-state index contributed by atoms with van der Waals surface area (Å²) in [7, 11) is 0. The Morgan fingerprint density at radius 2 is 1.88 bits per heavy atom. The van der Waals surface area contributed by atoms with Crippen LogP contribution in [0.1, 0.15) is 47.0 Å². The molecule has 10 nitrogen and oxygen atoms in total. The molecule has 2 amide bonds. The van der Waals surface area contributed by atoms with Gasteiger partial charge in [-0.25, -0.2) is 18.3 Å². The average Bonchev–Trinajstić information content (AvgIpc) is 3.36. The molecule has 4 heterocycles. The second kappa shape index (κ2) is 12.5. The van der Waals surface area contributed by atoms with Crippen molar-refractivity contribution in [1.29, 1.82) is 0 Å². The van der Waals surface area contributed by atoms with Crippen molar-refractivity contribution in [2.75, 3.05) is 31.5 Å². The normalized spacial score (nSPS) is 15.8. The second-order valence-corrected chi connectivity index (χ2v) is 10.7. The molecule has 42 heavy (non-hydrogen) atoms. The average molecular weight is 598 g/mol. The summed E-state index contributed by atoms with van der Waals surface area (Å²) < 4.78 is 28.3. The molecule has 1 atom stereocenters. The number of alkyl halides is 2. The van der Waals surface area contributed by atoms with Gasteiger partial charge in [0.05, 0.1) is 35.8 Å². The number of fused-ring (bicyclic) bond motifs is 1. The summed E-state index contributed by atoms with van der Waals surface area (Å²) in [5, 5.41) is 21.1. The number of nitrogens with zero attached hydrogens (tertiary/aromatic N) is 5. The standard InChI is InChI=1S/C29H30ClF2N7O3/c1-18-22(28(42)33-11-8-24(40)19-2-4-21(30)5-3-19)14-20(15-34-18)23-6-7-26-35-25(16-39(26)37-23)36-27(41)17-38-12-9-29(31,32)10-13-38/h2-7,14-16,24,40H,8-13,17H2,1H3,(H,33,42)(H,36,41). The molecule has 1 aliphatic rings. The van der Waals surface area contributed by atoms with Gasteiger partial charge in [0.25, 0.3) is 11.8 Å². The summed E-state index contributed by atoms with van der Waals surface area (Å²) in [5.74, 6) is -3.05. The molecule has 4 aromatic rings. The topological polar surface area (TPSA) is 125 Å². The van der Waals surface area contributed by atoms with Gasteiger partial charge in [0.1, 0.15) is 0 Å². The number of aliphatic hydroxyl groups is 1. The molecule has 5 rings (SSSR count). The van der Waals surface area contributed by atoms with Gasteiger partial charge in [-0.05, 0) is 49.2 Å². The van der Waals surface area contributed by atoms with Gasteiger partial charge in [-0.2, -0.15) is 5.10 Å². The Kier molecular flexibility index (Phi) is 8.76. The number of pyridine rings is 1. The van der Waals surface area contributed by atoms with Gasteiger partial charge in [-0.1, -0.05) is 23.7 Å². The van der Waals surface area contributed by atoms with Crippen molar-refractivity contribution in [3.05, 3.63) is 76.7 Å². The van der Waals surface area contributed by atoms with Crippen LogP contribution in [0.25, 0.3) is 16.9 Å². The Bertz CT molecular complexity index is 1590. The van der Waals surface area contributed by atoms with E-state index in [4.69, 9.17) is 11.6 Å². The fraction of sp³-hybridized carbons (Fsp3) is 0.345. The van der Waals surface area contributed by atoms with Crippen molar-refractivity contribution >= 4 is 34.9 Å². The SMILES string of the molecule is Cc1ncc(-c2ccc3nc(NC(=O)CN4CCC(F)(F)CC4)cn3n2)cc1C(=O)NCCC(O)c1ccc(Cl)cc1. The van der Waals surface area contributed by atoms with Crippen LogP contribution in [0.15, 0.2) is 54.9 Å². The minimum absolute atomic E-state index is 0.00257.